The van der Waals surface area contributed by atoms with Crippen LogP contribution in [0.25, 0.3) is 0 Å². The van der Waals surface area contributed by atoms with Gasteiger partial charge in [0.15, 0.2) is 0 Å². The van der Waals surface area contributed by atoms with Crippen LogP contribution in [-0.4, -0.2) is 35.6 Å². The van der Waals surface area contributed by atoms with Gasteiger partial charge < -0.3 is 4.74 Å². The summed E-state index contributed by atoms with van der Waals surface area (Å²) in [5, 5.41) is 0. The third kappa shape index (κ3) is 1.11. The molecule has 0 saturated carbocycles. The van der Waals surface area contributed by atoms with Crippen LogP contribution in [0.1, 0.15) is 38.5 Å². The predicted molar refractivity (Wildman–Crippen MR) is 51.9 cm³/mol. The summed E-state index contributed by atoms with van der Waals surface area (Å²) in [4.78, 5) is 13.8. The molecule has 3 saturated heterocycles. The van der Waals surface area contributed by atoms with Gasteiger partial charge in [-0.1, -0.05) is 6.42 Å². The van der Waals surface area contributed by atoms with Gasteiger partial charge in [-0.25, -0.2) is 0 Å². The van der Waals surface area contributed by atoms with Crippen LogP contribution in [0, 0.1) is 0 Å². The van der Waals surface area contributed by atoms with Crippen LogP contribution in [0.3, 0.4) is 0 Å². The molecule has 1 spiro atoms. The number of nitrogens with zero attached hydrogens (tertiary/aromatic N) is 1. The number of piperidine rings is 1. The highest BCUT2D eigenvalue weighted by molar-refractivity contribution is 5.72. The highest BCUT2D eigenvalue weighted by atomic mass is 16.6. The Morgan fingerprint density at radius 2 is 2.21 bits per heavy atom. The third-order valence-electron chi connectivity index (χ3n) is 4.11. The fourth-order valence-electron chi connectivity index (χ4n) is 3.41. The van der Waals surface area contributed by atoms with Crippen molar-refractivity contribution in [3.63, 3.8) is 0 Å². The number of ether oxygens (including phenoxy) is 1. The van der Waals surface area contributed by atoms with E-state index in [1.165, 1.54) is 25.8 Å². The molecular weight excluding hydrogens is 178 g/mol. The molecule has 0 bridgehead atoms. The average molecular weight is 195 g/mol. The van der Waals surface area contributed by atoms with Gasteiger partial charge in [-0.2, -0.15) is 0 Å². The predicted octanol–water partition coefficient (Wildman–Crippen LogP) is 1.32. The van der Waals surface area contributed by atoms with Gasteiger partial charge in [0.05, 0.1) is 0 Å². The molecule has 3 rings (SSSR count). The molecule has 0 amide bonds. The first-order valence-electron chi connectivity index (χ1n) is 5.76. The number of rotatable bonds is 0. The Kier molecular flexibility index (Phi) is 1.84. The number of carbonyl (C=O) groups excluding carboxylic acids is 1. The van der Waals surface area contributed by atoms with Crippen molar-refractivity contribution < 1.29 is 9.53 Å². The van der Waals surface area contributed by atoms with Crippen LogP contribution in [0.5, 0.6) is 0 Å². The number of esters is 1. The van der Waals surface area contributed by atoms with E-state index >= 15 is 0 Å². The van der Waals surface area contributed by atoms with Gasteiger partial charge in [0.1, 0.15) is 5.60 Å². The molecular formula is C11H17NO2. The Balaban J connectivity index is 1.83. The second kappa shape index (κ2) is 2.96. The maximum Gasteiger partial charge on any atom is 0.306 e. The van der Waals surface area contributed by atoms with Crippen molar-refractivity contribution in [1.29, 1.82) is 0 Å². The van der Waals surface area contributed by atoms with Gasteiger partial charge >= 0.3 is 5.97 Å². The molecule has 0 aliphatic carbocycles. The van der Waals surface area contributed by atoms with Crippen molar-refractivity contribution in [2.24, 2.45) is 0 Å². The van der Waals surface area contributed by atoms with E-state index < -0.39 is 0 Å². The molecule has 2 atom stereocenters. The van der Waals surface area contributed by atoms with Gasteiger partial charge in [-0.15, -0.1) is 0 Å². The lowest BCUT2D eigenvalue weighted by atomic mass is 9.86. The summed E-state index contributed by atoms with van der Waals surface area (Å²) in [5.41, 5.74) is -0.0719. The zero-order valence-corrected chi connectivity index (χ0v) is 8.50. The smallest absolute Gasteiger partial charge is 0.306 e. The normalized spacial score (nSPS) is 42.9. The van der Waals surface area contributed by atoms with E-state index in [4.69, 9.17) is 4.74 Å². The molecule has 0 aromatic carbocycles. The van der Waals surface area contributed by atoms with Gasteiger partial charge in [0.25, 0.3) is 0 Å². The number of fused-ring (bicyclic) bond motifs is 2. The van der Waals surface area contributed by atoms with E-state index in [-0.39, 0.29) is 11.6 Å². The van der Waals surface area contributed by atoms with E-state index in [9.17, 15) is 4.79 Å². The number of hydrogen-bond acceptors (Lipinski definition) is 3. The Bertz CT molecular complexity index is 266. The molecule has 0 radical (unpaired) electrons. The lowest BCUT2D eigenvalue weighted by Gasteiger charge is -2.37. The van der Waals surface area contributed by atoms with Gasteiger partial charge in [-0.3, -0.25) is 9.69 Å². The summed E-state index contributed by atoms with van der Waals surface area (Å²) >= 11 is 0. The van der Waals surface area contributed by atoms with E-state index in [2.05, 4.69) is 4.90 Å². The summed E-state index contributed by atoms with van der Waals surface area (Å²) in [6.45, 7) is 2.35. The molecule has 0 N–H and O–H groups in total. The summed E-state index contributed by atoms with van der Waals surface area (Å²) < 4.78 is 5.60. The van der Waals surface area contributed by atoms with Crippen LogP contribution in [0.15, 0.2) is 0 Å². The minimum atomic E-state index is -0.0719. The number of hydrogen-bond donors (Lipinski definition) is 0. The van der Waals surface area contributed by atoms with Gasteiger partial charge in [-0.05, 0) is 25.8 Å². The minimum Gasteiger partial charge on any atom is -0.457 e. The molecule has 3 fully saturated rings. The van der Waals surface area contributed by atoms with Crippen LogP contribution in [0.2, 0.25) is 0 Å². The lowest BCUT2D eigenvalue weighted by molar-refractivity contribution is -0.150. The quantitative estimate of drug-likeness (QED) is 0.546. The SMILES string of the molecule is O=C1CCC2(CCN3CCCCC32)O1. The van der Waals surface area contributed by atoms with Gasteiger partial charge in [0, 0.05) is 25.4 Å². The zero-order chi connectivity index (χ0) is 9.60. The highest BCUT2D eigenvalue weighted by Gasteiger charge is 2.53. The Hall–Kier alpha value is -0.570. The van der Waals surface area contributed by atoms with Crippen molar-refractivity contribution in [3.8, 4) is 0 Å². The summed E-state index contributed by atoms with van der Waals surface area (Å²) in [5.74, 6) is 0.0254. The van der Waals surface area contributed by atoms with Gasteiger partial charge in [0.2, 0.25) is 0 Å². The lowest BCUT2D eigenvalue weighted by Crippen LogP contribution is -2.46. The van der Waals surface area contributed by atoms with Crippen molar-refractivity contribution in [1.82, 2.24) is 4.90 Å². The van der Waals surface area contributed by atoms with Crippen molar-refractivity contribution in [2.45, 2.75) is 50.2 Å². The number of carbonyl (C=O) groups is 1. The standard InChI is InChI=1S/C11H17NO2/c13-10-4-5-11(14-10)6-8-12-7-2-1-3-9(11)12/h9H,1-8H2. The fourth-order valence-corrected chi connectivity index (χ4v) is 3.41. The monoisotopic (exact) mass is 195 g/mol. The molecule has 14 heavy (non-hydrogen) atoms. The maximum absolute atomic E-state index is 11.2. The first-order valence-corrected chi connectivity index (χ1v) is 5.76. The molecule has 0 aromatic heterocycles. The van der Waals surface area contributed by atoms with Crippen LogP contribution >= 0.6 is 0 Å². The van der Waals surface area contributed by atoms with Crippen molar-refractivity contribution >= 4 is 5.97 Å². The van der Waals surface area contributed by atoms with E-state index in [0.29, 0.717) is 12.5 Å². The molecule has 3 heteroatoms. The van der Waals surface area contributed by atoms with E-state index in [1.54, 1.807) is 0 Å². The van der Waals surface area contributed by atoms with Crippen LogP contribution in [-0.2, 0) is 9.53 Å². The maximum atomic E-state index is 11.2. The highest BCUT2D eigenvalue weighted by Crippen LogP contribution is 2.44. The summed E-state index contributed by atoms with van der Waals surface area (Å²) in [7, 11) is 0. The fraction of sp³-hybridized carbons (Fsp3) is 0.909. The first kappa shape index (κ1) is 8.72. The van der Waals surface area contributed by atoms with Crippen molar-refractivity contribution in [3.05, 3.63) is 0 Å². The molecule has 3 heterocycles. The summed E-state index contributed by atoms with van der Waals surface area (Å²) in [6, 6.07) is 0.544. The van der Waals surface area contributed by atoms with Crippen molar-refractivity contribution in [2.75, 3.05) is 13.1 Å². The second-order valence-corrected chi connectivity index (χ2v) is 4.84. The third-order valence-corrected chi connectivity index (χ3v) is 4.11. The summed E-state index contributed by atoms with van der Waals surface area (Å²) in [6.07, 6.45) is 6.54. The van der Waals surface area contributed by atoms with E-state index in [0.717, 1.165) is 19.4 Å². The average Bonchev–Trinajstić information content (AvgIpc) is 2.75. The first-order chi connectivity index (χ1) is 6.80. The second-order valence-electron chi connectivity index (χ2n) is 4.84. The Morgan fingerprint density at radius 1 is 1.29 bits per heavy atom. The van der Waals surface area contributed by atoms with E-state index in [1.807, 2.05) is 0 Å². The minimum absolute atomic E-state index is 0.0254. The molecule has 3 aliphatic rings. The Morgan fingerprint density at radius 3 is 3.00 bits per heavy atom. The zero-order valence-electron chi connectivity index (χ0n) is 8.50. The largest absolute Gasteiger partial charge is 0.457 e. The topological polar surface area (TPSA) is 29.5 Å². The molecule has 3 nitrogen and oxygen atoms in total. The van der Waals surface area contributed by atoms with Crippen LogP contribution in [0.4, 0.5) is 0 Å². The molecule has 2 unspecified atom stereocenters. The molecule has 0 aromatic rings. The van der Waals surface area contributed by atoms with Crippen LogP contribution < -0.4 is 0 Å². The Labute approximate surface area is 84.4 Å². The molecule has 78 valence electrons. The molecule has 3 aliphatic heterocycles.